The Morgan fingerprint density at radius 2 is 1.88 bits per heavy atom. The van der Waals surface area contributed by atoms with Gasteiger partial charge in [-0.2, -0.15) is 5.26 Å². The number of primary amides is 1. The molecule has 5 heteroatoms. The summed E-state index contributed by atoms with van der Waals surface area (Å²) in [4.78, 5) is 36.2. The highest BCUT2D eigenvalue weighted by molar-refractivity contribution is 6.24. The third kappa shape index (κ3) is 2.74. The number of ketones is 2. The van der Waals surface area contributed by atoms with Gasteiger partial charge in [0.15, 0.2) is 11.6 Å². The topological polar surface area (TPSA) is 101 Å². The van der Waals surface area contributed by atoms with Crippen LogP contribution in [0, 0.1) is 34.0 Å². The number of hydrogen-bond acceptors (Lipinski definition) is 4. The molecule has 0 aliphatic heterocycles. The Labute approximate surface area is 154 Å². The van der Waals surface area contributed by atoms with Crippen LogP contribution in [0.2, 0.25) is 0 Å². The highest BCUT2D eigenvalue weighted by Gasteiger charge is 2.54. The van der Waals surface area contributed by atoms with Crippen molar-refractivity contribution < 1.29 is 14.4 Å². The zero-order chi connectivity index (χ0) is 19.9. The average Bonchev–Trinajstić information content (AvgIpc) is 2.60. The number of carbonyl (C=O) groups excluding carboxylic acids is 3. The molecular weight excluding hydrogens is 328 g/mol. The highest BCUT2D eigenvalue weighted by Crippen LogP contribution is 2.60. The maximum atomic E-state index is 12.3. The molecule has 0 heterocycles. The summed E-state index contributed by atoms with van der Waals surface area (Å²) in [6.45, 7) is 9.82. The summed E-state index contributed by atoms with van der Waals surface area (Å²) in [5.74, 6) is -1.47. The van der Waals surface area contributed by atoms with Crippen LogP contribution in [0.15, 0.2) is 34.9 Å². The van der Waals surface area contributed by atoms with Crippen molar-refractivity contribution in [2.75, 3.05) is 0 Å². The fourth-order valence-electron chi connectivity index (χ4n) is 4.81. The summed E-state index contributed by atoms with van der Waals surface area (Å²) in [6.07, 6.45) is 6.41. The van der Waals surface area contributed by atoms with Gasteiger partial charge in [-0.25, -0.2) is 0 Å². The molecule has 3 aliphatic rings. The molecule has 26 heavy (non-hydrogen) atoms. The van der Waals surface area contributed by atoms with Crippen molar-refractivity contribution in [3.05, 3.63) is 34.9 Å². The Bertz CT molecular complexity index is 812. The molecule has 0 bridgehead atoms. The van der Waals surface area contributed by atoms with Crippen molar-refractivity contribution in [2.24, 2.45) is 28.4 Å². The SMILES string of the molecule is CC.C[C@H]1C(=O)C(C#N)=C[C@]2(C)C3=CC(=O)C(C(N)=O)=C[C@]3(C)CCC12. The lowest BCUT2D eigenvalue weighted by molar-refractivity contribution is -0.122. The first kappa shape index (κ1) is 19.8. The third-order valence-corrected chi connectivity index (χ3v) is 6.06. The van der Waals surface area contributed by atoms with Crippen LogP contribution in [0.4, 0.5) is 0 Å². The smallest absolute Gasteiger partial charge is 0.252 e. The van der Waals surface area contributed by atoms with E-state index in [2.05, 4.69) is 0 Å². The van der Waals surface area contributed by atoms with Crippen LogP contribution in [0.5, 0.6) is 0 Å². The van der Waals surface area contributed by atoms with Gasteiger partial charge in [0, 0.05) is 16.7 Å². The van der Waals surface area contributed by atoms with Gasteiger partial charge >= 0.3 is 0 Å². The third-order valence-electron chi connectivity index (χ3n) is 6.06. The van der Waals surface area contributed by atoms with Crippen molar-refractivity contribution in [3.8, 4) is 6.07 Å². The molecule has 138 valence electrons. The zero-order valence-corrected chi connectivity index (χ0v) is 16.1. The zero-order valence-electron chi connectivity index (χ0n) is 16.1. The lowest BCUT2D eigenvalue weighted by Gasteiger charge is -2.54. The minimum atomic E-state index is -0.718. The van der Waals surface area contributed by atoms with E-state index in [0.717, 1.165) is 18.4 Å². The lowest BCUT2D eigenvalue weighted by atomic mass is 9.49. The number of rotatable bonds is 1. The molecule has 0 aromatic rings. The highest BCUT2D eigenvalue weighted by atomic mass is 16.2. The van der Waals surface area contributed by atoms with Crippen molar-refractivity contribution in [1.82, 2.24) is 0 Å². The van der Waals surface area contributed by atoms with E-state index >= 15 is 0 Å². The molecule has 3 rings (SSSR count). The van der Waals surface area contributed by atoms with Crippen LogP contribution < -0.4 is 5.73 Å². The van der Waals surface area contributed by atoms with Crippen molar-refractivity contribution in [2.45, 2.75) is 47.5 Å². The second-order valence-corrected chi connectivity index (χ2v) is 7.51. The predicted molar refractivity (Wildman–Crippen MR) is 98.5 cm³/mol. The van der Waals surface area contributed by atoms with Crippen LogP contribution >= 0.6 is 0 Å². The molecule has 1 fully saturated rings. The molecule has 1 amide bonds. The molecule has 0 spiro atoms. The molecule has 0 aromatic carbocycles. The summed E-state index contributed by atoms with van der Waals surface area (Å²) in [5.41, 5.74) is 5.35. The molecule has 4 atom stereocenters. The van der Waals surface area contributed by atoms with E-state index in [4.69, 9.17) is 5.73 Å². The molecule has 5 nitrogen and oxygen atoms in total. The number of hydrogen-bond donors (Lipinski definition) is 1. The number of fused-ring (bicyclic) bond motifs is 3. The van der Waals surface area contributed by atoms with Gasteiger partial charge in [-0.1, -0.05) is 46.8 Å². The van der Waals surface area contributed by atoms with Gasteiger partial charge in [0.1, 0.15) is 6.07 Å². The number of nitrogens with zero attached hydrogens (tertiary/aromatic N) is 1. The van der Waals surface area contributed by atoms with Crippen LogP contribution in [0.25, 0.3) is 0 Å². The van der Waals surface area contributed by atoms with E-state index in [1.165, 1.54) is 6.08 Å². The molecule has 2 N–H and O–H groups in total. The molecule has 0 radical (unpaired) electrons. The van der Waals surface area contributed by atoms with Gasteiger partial charge in [0.05, 0.1) is 11.1 Å². The van der Waals surface area contributed by atoms with Crippen LogP contribution in [0.1, 0.15) is 47.5 Å². The Morgan fingerprint density at radius 1 is 1.27 bits per heavy atom. The Kier molecular flexibility index (Phi) is 5.10. The number of allylic oxidation sites excluding steroid dienone is 5. The number of nitrogens with two attached hydrogens (primary N) is 1. The number of amides is 1. The van der Waals surface area contributed by atoms with Gasteiger partial charge in [0.2, 0.25) is 0 Å². The molecule has 0 aromatic heterocycles. The van der Waals surface area contributed by atoms with Crippen LogP contribution in [-0.4, -0.2) is 17.5 Å². The first-order chi connectivity index (χ1) is 12.1. The van der Waals surface area contributed by atoms with E-state index < -0.39 is 22.5 Å². The molecule has 3 aliphatic carbocycles. The maximum Gasteiger partial charge on any atom is 0.252 e. The van der Waals surface area contributed by atoms with Gasteiger partial charge < -0.3 is 5.73 Å². The Balaban J connectivity index is 0.00000117. The fourth-order valence-corrected chi connectivity index (χ4v) is 4.81. The number of nitriles is 1. The summed E-state index contributed by atoms with van der Waals surface area (Å²) in [7, 11) is 0. The van der Waals surface area contributed by atoms with Gasteiger partial charge in [-0.15, -0.1) is 0 Å². The predicted octanol–water partition coefficient (Wildman–Crippen LogP) is 3.02. The van der Waals surface area contributed by atoms with E-state index in [1.807, 2.05) is 40.7 Å². The standard InChI is InChI=1S/C19H20N2O3.C2H6/c1-10-13-4-5-18(2)8-12(17(21)24)14(22)6-15(18)19(13,3)7-11(9-20)16(10)23;1-2/h6-8,10,13H,4-5H2,1-3H3,(H2,21,24);1-2H3/t10-,13?,18+,19+;/m1./s1. The van der Waals surface area contributed by atoms with Gasteiger partial charge in [-0.05, 0) is 30.4 Å². The summed E-state index contributed by atoms with van der Waals surface area (Å²) >= 11 is 0. The lowest BCUT2D eigenvalue weighted by Crippen LogP contribution is -2.49. The second-order valence-electron chi connectivity index (χ2n) is 7.51. The first-order valence-electron chi connectivity index (χ1n) is 9.11. The first-order valence-corrected chi connectivity index (χ1v) is 9.11. The minimum Gasteiger partial charge on any atom is -0.365 e. The van der Waals surface area contributed by atoms with Gasteiger partial charge in [-0.3, -0.25) is 14.4 Å². The van der Waals surface area contributed by atoms with E-state index in [0.29, 0.717) is 0 Å². The van der Waals surface area contributed by atoms with Crippen molar-refractivity contribution in [1.29, 1.82) is 5.26 Å². The minimum absolute atomic E-state index is 0.0210. The van der Waals surface area contributed by atoms with Crippen LogP contribution in [-0.2, 0) is 14.4 Å². The van der Waals surface area contributed by atoms with Crippen molar-refractivity contribution >= 4 is 17.5 Å². The Morgan fingerprint density at radius 3 is 2.42 bits per heavy atom. The number of carbonyl (C=O) groups is 3. The van der Waals surface area contributed by atoms with E-state index in [9.17, 15) is 19.6 Å². The van der Waals surface area contributed by atoms with Gasteiger partial charge in [0.25, 0.3) is 5.91 Å². The largest absolute Gasteiger partial charge is 0.365 e. The summed E-state index contributed by atoms with van der Waals surface area (Å²) in [5, 5.41) is 9.31. The maximum absolute atomic E-state index is 12.3. The Hall–Kier alpha value is -2.48. The van der Waals surface area contributed by atoms with Crippen molar-refractivity contribution in [3.63, 3.8) is 0 Å². The fraction of sp³-hybridized carbons (Fsp3) is 0.524. The number of Topliss-reactive ketones (excluding diaryl/α,β-unsaturated/α-hetero) is 1. The van der Waals surface area contributed by atoms with E-state index in [-0.39, 0.29) is 28.8 Å². The molecule has 0 saturated heterocycles. The summed E-state index contributed by atoms with van der Waals surface area (Å²) < 4.78 is 0. The molecule has 1 saturated carbocycles. The summed E-state index contributed by atoms with van der Waals surface area (Å²) in [6, 6.07) is 2.00. The van der Waals surface area contributed by atoms with Crippen LogP contribution in [0.3, 0.4) is 0 Å². The quantitative estimate of drug-likeness (QED) is 0.731. The molecule has 1 unspecified atom stereocenters. The monoisotopic (exact) mass is 354 g/mol. The van der Waals surface area contributed by atoms with E-state index in [1.54, 1.807) is 12.2 Å². The average molecular weight is 354 g/mol. The second kappa shape index (κ2) is 6.68. The normalized spacial score (nSPS) is 35.5. The molecular formula is C21H26N2O3.